The molecule has 2 aliphatic rings. The minimum absolute atomic E-state index is 0.644. The van der Waals surface area contributed by atoms with E-state index in [-0.39, 0.29) is 0 Å². The standard InChI is InChI=1S/C52H33N3O/c1-3-12-36(13-4-1)47-32-48(55-51(54-47)37-14-5-2-6-15-37)39-26-28-42-41-27-25-38(34-21-23-35(24-22-34)40-16-11-29-53-33-40)30-45(41)52(46(42)31-39)43-17-7-9-19-49(43)56-50-20-10-8-18-44(50)52/h1-33H. The molecule has 0 atom stereocenters. The largest absolute Gasteiger partial charge is 0.457 e. The molecule has 0 radical (unpaired) electrons. The van der Waals surface area contributed by atoms with E-state index < -0.39 is 5.41 Å². The summed E-state index contributed by atoms with van der Waals surface area (Å²) < 4.78 is 6.68. The van der Waals surface area contributed by atoms with Gasteiger partial charge in [0.2, 0.25) is 0 Å². The molecule has 4 heteroatoms. The van der Waals surface area contributed by atoms with Crippen LogP contribution in [0, 0.1) is 0 Å². The van der Waals surface area contributed by atoms with Crippen LogP contribution in [0.4, 0.5) is 0 Å². The number of benzene rings is 7. The Morgan fingerprint density at radius 3 is 1.48 bits per heavy atom. The fraction of sp³-hybridized carbons (Fsp3) is 0.0192. The number of rotatable bonds is 5. The molecule has 0 fully saturated rings. The van der Waals surface area contributed by atoms with Gasteiger partial charge in [0.1, 0.15) is 11.5 Å². The lowest BCUT2D eigenvalue weighted by Crippen LogP contribution is -2.32. The molecular formula is C52H33N3O. The molecule has 3 heterocycles. The highest BCUT2D eigenvalue weighted by Gasteiger charge is 2.51. The van der Waals surface area contributed by atoms with Crippen molar-refractivity contribution in [3.05, 3.63) is 223 Å². The normalized spacial score (nSPS) is 12.9. The van der Waals surface area contributed by atoms with Gasteiger partial charge in [0.05, 0.1) is 16.8 Å². The monoisotopic (exact) mass is 715 g/mol. The smallest absolute Gasteiger partial charge is 0.160 e. The molecule has 0 saturated heterocycles. The number of ether oxygens (including phenoxy) is 1. The number of hydrogen-bond acceptors (Lipinski definition) is 4. The second-order valence-electron chi connectivity index (χ2n) is 14.4. The molecule has 9 aromatic rings. The molecule has 7 aromatic carbocycles. The number of fused-ring (bicyclic) bond motifs is 9. The van der Waals surface area contributed by atoms with E-state index in [1.165, 1.54) is 22.3 Å². The first-order valence-electron chi connectivity index (χ1n) is 18.9. The maximum atomic E-state index is 6.68. The van der Waals surface area contributed by atoms with Crippen LogP contribution < -0.4 is 4.74 Å². The van der Waals surface area contributed by atoms with Crippen LogP contribution >= 0.6 is 0 Å². The summed E-state index contributed by atoms with van der Waals surface area (Å²) in [5.41, 5.74) is 15.8. The molecule has 0 N–H and O–H groups in total. The molecule has 2 aromatic heterocycles. The third kappa shape index (κ3) is 5.04. The molecule has 262 valence electrons. The Morgan fingerprint density at radius 1 is 0.357 bits per heavy atom. The van der Waals surface area contributed by atoms with Gasteiger partial charge >= 0.3 is 0 Å². The Kier molecular flexibility index (Phi) is 7.36. The second kappa shape index (κ2) is 12.9. The zero-order valence-corrected chi connectivity index (χ0v) is 30.3. The van der Waals surface area contributed by atoms with Crippen molar-refractivity contribution in [2.24, 2.45) is 0 Å². The fourth-order valence-corrected chi connectivity index (χ4v) is 8.69. The first-order chi connectivity index (χ1) is 27.7. The number of para-hydroxylation sites is 2. The van der Waals surface area contributed by atoms with Gasteiger partial charge in [-0.05, 0) is 80.9 Å². The van der Waals surface area contributed by atoms with Gasteiger partial charge in [-0.25, -0.2) is 9.97 Å². The molecule has 0 unspecified atom stereocenters. The zero-order chi connectivity index (χ0) is 37.1. The molecule has 1 aliphatic heterocycles. The van der Waals surface area contributed by atoms with E-state index in [0.29, 0.717) is 5.82 Å². The van der Waals surface area contributed by atoms with Gasteiger partial charge in [0.15, 0.2) is 5.82 Å². The number of aromatic nitrogens is 3. The minimum atomic E-state index is -0.644. The van der Waals surface area contributed by atoms with Crippen molar-refractivity contribution in [2.45, 2.75) is 5.41 Å². The number of pyridine rings is 1. The van der Waals surface area contributed by atoms with Gasteiger partial charge < -0.3 is 4.74 Å². The van der Waals surface area contributed by atoms with E-state index in [9.17, 15) is 0 Å². The fourth-order valence-electron chi connectivity index (χ4n) is 8.69. The van der Waals surface area contributed by atoms with E-state index >= 15 is 0 Å². The molecule has 11 rings (SSSR count). The van der Waals surface area contributed by atoms with Crippen LogP contribution in [-0.2, 0) is 5.41 Å². The number of hydrogen-bond donors (Lipinski definition) is 0. The minimum Gasteiger partial charge on any atom is -0.457 e. The first kappa shape index (κ1) is 32.0. The van der Waals surface area contributed by atoms with Gasteiger partial charge in [-0.1, -0.05) is 152 Å². The summed E-state index contributed by atoms with van der Waals surface area (Å²) in [7, 11) is 0. The molecule has 0 amide bonds. The highest BCUT2D eigenvalue weighted by Crippen LogP contribution is 2.62. The summed E-state index contributed by atoms with van der Waals surface area (Å²) in [6.07, 6.45) is 3.72. The van der Waals surface area contributed by atoms with Gasteiger partial charge in [0.25, 0.3) is 0 Å². The van der Waals surface area contributed by atoms with E-state index in [1.807, 2.05) is 42.7 Å². The van der Waals surface area contributed by atoms with Crippen molar-refractivity contribution < 1.29 is 4.74 Å². The van der Waals surface area contributed by atoms with Crippen molar-refractivity contribution in [1.82, 2.24) is 15.0 Å². The second-order valence-corrected chi connectivity index (χ2v) is 14.4. The van der Waals surface area contributed by atoms with E-state index in [2.05, 4.69) is 163 Å². The van der Waals surface area contributed by atoms with Crippen molar-refractivity contribution >= 4 is 0 Å². The number of nitrogens with zero attached hydrogens (tertiary/aromatic N) is 3. The topological polar surface area (TPSA) is 47.9 Å². The van der Waals surface area contributed by atoms with Gasteiger partial charge in [-0.15, -0.1) is 0 Å². The molecule has 1 aliphatic carbocycles. The predicted octanol–water partition coefficient (Wildman–Crippen LogP) is 12.7. The molecule has 0 saturated carbocycles. The molecule has 56 heavy (non-hydrogen) atoms. The summed E-state index contributed by atoms with van der Waals surface area (Å²) in [4.78, 5) is 14.6. The van der Waals surface area contributed by atoms with Crippen LogP contribution in [0.3, 0.4) is 0 Å². The van der Waals surface area contributed by atoms with Crippen molar-refractivity contribution in [2.75, 3.05) is 0 Å². The highest BCUT2D eigenvalue weighted by molar-refractivity contribution is 5.92. The summed E-state index contributed by atoms with van der Waals surface area (Å²) in [6.45, 7) is 0. The van der Waals surface area contributed by atoms with Gasteiger partial charge in [-0.2, -0.15) is 0 Å². The lowest BCUT2D eigenvalue weighted by molar-refractivity contribution is 0.436. The maximum absolute atomic E-state index is 6.68. The predicted molar refractivity (Wildman–Crippen MR) is 224 cm³/mol. The van der Waals surface area contributed by atoms with Crippen LogP contribution in [0.1, 0.15) is 22.3 Å². The lowest BCUT2D eigenvalue weighted by Gasteiger charge is -2.39. The molecular weight excluding hydrogens is 683 g/mol. The van der Waals surface area contributed by atoms with Crippen LogP contribution in [0.2, 0.25) is 0 Å². The summed E-state index contributed by atoms with van der Waals surface area (Å²) in [6, 6.07) is 66.5. The van der Waals surface area contributed by atoms with Crippen LogP contribution in [-0.4, -0.2) is 15.0 Å². The Hall–Kier alpha value is -7.43. The van der Waals surface area contributed by atoms with E-state index in [4.69, 9.17) is 14.7 Å². The highest BCUT2D eigenvalue weighted by atomic mass is 16.5. The van der Waals surface area contributed by atoms with E-state index in [1.54, 1.807) is 0 Å². The molecule has 4 nitrogen and oxygen atoms in total. The first-order valence-corrected chi connectivity index (χ1v) is 18.9. The van der Waals surface area contributed by atoms with Crippen molar-refractivity contribution in [1.29, 1.82) is 0 Å². The van der Waals surface area contributed by atoms with E-state index in [0.717, 1.165) is 73.0 Å². The Balaban J connectivity index is 1.14. The average Bonchev–Trinajstić information content (AvgIpc) is 3.56. The van der Waals surface area contributed by atoms with Crippen LogP contribution in [0.5, 0.6) is 11.5 Å². The summed E-state index contributed by atoms with van der Waals surface area (Å²) >= 11 is 0. The zero-order valence-electron chi connectivity index (χ0n) is 30.3. The third-order valence-electron chi connectivity index (χ3n) is 11.3. The van der Waals surface area contributed by atoms with Crippen molar-refractivity contribution in [3.63, 3.8) is 0 Å². The quantitative estimate of drug-likeness (QED) is 0.178. The van der Waals surface area contributed by atoms with Gasteiger partial charge in [-0.3, -0.25) is 4.98 Å². The summed E-state index contributed by atoms with van der Waals surface area (Å²) in [5.74, 6) is 2.42. The Morgan fingerprint density at radius 2 is 0.857 bits per heavy atom. The van der Waals surface area contributed by atoms with Crippen molar-refractivity contribution in [3.8, 4) is 78.8 Å². The molecule has 1 spiro atoms. The van der Waals surface area contributed by atoms with Crippen LogP contribution in [0.25, 0.3) is 67.3 Å². The lowest BCUT2D eigenvalue weighted by atomic mass is 9.65. The van der Waals surface area contributed by atoms with Crippen LogP contribution in [0.15, 0.2) is 200 Å². The Bertz CT molecular complexity index is 2820. The third-order valence-corrected chi connectivity index (χ3v) is 11.3. The maximum Gasteiger partial charge on any atom is 0.160 e. The van der Waals surface area contributed by atoms with Gasteiger partial charge in [0, 0.05) is 40.2 Å². The summed E-state index contributed by atoms with van der Waals surface area (Å²) in [5, 5.41) is 0. The average molecular weight is 716 g/mol. The Labute approximate surface area is 325 Å². The molecule has 0 bridgehead atoms. The SMILES string of the molecule is c1ccc(-c2cc(-c3ccc4c(c3)C3(c5ccccc5Oc5ccccc53)c3cc(-c5ccc(-c6cccnc6)cc5)ccc3-4)nc(-c3ccccc3)n2)cc1.